The lowest BCUT2D eigenvalue weighted by Crippen LogP contribution is -2.35. The van der Waals surface area contributed by atoms with Crippen molar-refractivity contribution in [2.75, 3.05) is 17.2 Å². The van der Waals surface area contributed by atoms with Crippen LogP contribution >= 0.6 is 11.6 Å². The summed E-state index contributed by atoms with van der Waals surface area (Å²) in [7, 11) is 3.13. The van der Waals surface area contributed by atoms with Crippen molar-refractivity contribution in [1.29, 1.82) is 0 Å². The fourth-order valence-electron chi connectivity index (χ4n) is 6.01. The van der Waals surface area contributed by atoms with Crippen molar-refractivity contribution in [1.82, 2.24) is 19.3 Å². The monoisotopic (exact) mass is 554 g/mol. The second-order valence-corrected chi connectivity index (χ2v) is 10.8. The van der Waals surface area contributed by atoms with E-state index in [1.807, 2.05) is 0 Å². The van der Waals surface area contributed by atoms with Crippen LogP contribution in [0.25, 0.3) is 0 Å². The fraction of sp³-hybridized carbons (Fsp3) is 0.480. The zero-order valence-electron chi connectivity index (χ0n) is 20.7. The summed E-state index contributed by atoms with van der Waals surface area (Å²) in [6.07, 6.45) is 0.506. The van der Waals surface area contributed by atoms with Gasteiger partial charge in [-0.05, 0) is 55.7 Å². The van der Waals surface area contributed by atoms with Crippen molar-refractivity contribution in [3.63, 3.8) is 0 Å². The zero-order valence-corrected chi connectivity index (χ0v) is 21.4. The van der Waals surface area contributed by atoms with Crippen LogP contribution in [0.2, 0.25) is 5.02 Å². The number of aromatic nitrogens is 4. The molecular weight excluding hydrogens is 528 g/mol. The van der Waals surface area contributed by atoms with Crippen LogP contribution in [-0.2, 0) is 20.3 Å². The highest BCUT2D eigenvalue weighted by atomic mass is 35.5. The molecule has 13 heteroatoms. The molecule has 204 valence electrons. The van der Waals surface area contributed by atoms with Crippen molar-refractivity contribution in [2.24, 2.45) is 25.9 Å². The molecule has 2 unspecified atom stereocenters. The second kappa shape index (κ2) is 9.57. The Morgan fingerprint density at radius 3 is 2.55 bits per heavy atom. The molecule has 2 aliphatic carbocycles. The summed E-state index contributed by atoms with van der Waals surface area (Å²) in [5.41, 5.74) is -0.911. The van der Waals surface area contributed by atoms with Gasteiger partial charge in [0.1, 0.15) is 11.5 Å². The number of nitrogens with zero attached hydrogens (tertiary/aromatic N) is 4. The number of benzene rings is 1. The van der Waals surface area contributed by atoms with Crippen molar-refractivity contribution in [3.8, 4) is 0 Å². The molecule has 2 heterocycles. The van der Waals surface area contributed by atoms with Gasteiger partial charge in [-0.15, -0.1) is 0 Å². The fourth-order valence-corrected chi connectivity index (χ4v) is 6.19. The maximum absolute atomic E-state index is 13.5. The first kappa shape index (κ1) is 26.5. The average molecular weight is 555 g/mol. The third-order valence-electron chi connectivity index (χ3n) is 7.58. The standard InChI is InChI=1S/C25H27ClF4N6O2/c1-35-12-32-20(21(35)23(37)33-16-3-4-18(27)17(26)7-16)13-5-14-8-24(38,9-15(14)6-13)11-31-19-10-36(2)34-22(19)25(28,29)30/h3-4,7,10,12-15,31,38H,5-6,8-9,11H2,1-2H3,(H,33,37). The summed E-state index contributed by atoms with van der Waals surface area (Å²) < 4.78 is 56.0. The van der Waals surface area contributed by atoms with E-state index in [0.29, 0.717) is 42.8 Å². The number of anilines is 2. The summed E-state index contributed by atoms with van der Waals surface area (Å²) in [5, 5.41) is 20.1. The van der Waals surface area contributed by atoms with E-state index in [-0.39, 0.29) is 35.0 Å². The smallest absolute Gasteiger partial charge is 0.388 e. The summed E-state index contributed by atoms with van der Waals surface area (Å²) >= 11 is 5.83. The van der Waals surface area contributed by atoms with Crippen LogP contribution in [0.15, 0.2) is 30.7 Å². The highest BCUT2D eigenvalue weighted by Gasteiger charge is 2.50. The van der Waals surface area contributed by atoms with Crippen LogP contribution in [0.1, 0.15) is 53.5 Å². The van der Waals surface area contributed by atoms with Gasteiger partial charge in [-0.2, -0.15) is 18.3 Å². The molecule has 0 spiro atoms. The normalized spacial score (nSPS) is 25.0. The number of carbonyl (C=O) groups excluding carboxylic acids is 1. The maximum Gasteiger partial charge on any atom is 0.437 e. The van der Waals surface area contributed by atoms with E-state index < -0.39 is 29.2 Å². The van der Waals surface area contributed by atoms with Gasteiger partial charge in [0.15, 0.2) is 5.69 Å². The topological polar surface area (TPSA) is 97.0 Å². The molecule has 1 amide bonds. The maximum atomic E-state index is 13.5. The molecule has 3 aromatic rings. The molecule has 2 saturated carbocycles. The molecule has 0 bridgehead atoms. The Bertz CT molecular complexity index is 1360. The number of aryl methyl sites for hydroxylation is 2. The Hall–Kier alpha value is -3.12. The Labute approximate surface area is 221 Å². The highest BCUT2D eigenvalue weighted by molar-refractivity contribution is 6.31. The minimum atomic E-state index is -4.60. The van der Waals surface area contributed by atoms with Gasteiger partial charge in [0.25, 0.3) is 5.91 Å². The quantitative estimate of drug-likeness (QED) is 0.374. The van der Waals surface area contributed by atoms with Crippen LogP contribution in [0.4, 0.5) is 28.9 Å². The van der Waals surface area contributed by atoms with Crippen LogP contribution in [0.5, 0.6) is 0 Å². The van der Waals surface area contributed by atoms with Gasteiger partial charge in [0.05, 0.1) is 28.3 Å². The Morgan fingerprint density at radius 1 is 1.24 bits per heavy atom. The van der Waals surface area contributed by atoms with Gasteiger partial charge in [0, 0.05) is 38.4 Å². The van der Waals surface area contributed by atoms with Gasteiger partial charge in [0.2, 0.25) is 0 Å². The zero-order chi connectivity index (χ0) is 27.4. The number of hydrogen-bond donors (Lipinski definition) is 3. The number of alkyl halides is 3. The van der Waals surface area contributed by atoms with Crippen molar-refractivity contribution >= 4 is 28.9 Å². The lowest BCUT2D eigenvalue weighted by atomic mass is 9.92. The average Bonchev–Trinajstić information content (AvgIpc) is 3.56. The third kappa shape index (κ3) is 5.11. The van der Waals surface area contributed by atoms with E-state index in [1.165, 1.54) is 31.4 Å². The molecule has 0 saturated heterocycles. The molecule has 0 radical (unpaired) electrons. The van der Waals surface area contributed by atoms with E-state index in [9.17, 15) is 27.5 Å². The Morgan fingerprint density at radius 2 is 1.92 bits per heavy atom. The SMILES string of the molecule is Cn1cc(NCC2(O)CC3CC(c4ncn(C)c4C(=O)Nc4ccc(F)c(Cl)c4)CC3C2)c(C(F)(F)F)n1. The number of aliphatic hydroxyl groups is 1. The molecule has 8 nitrogen and oxygen atoms in total. The minimum Gasteiger partial charge on any atom is -0.388 e. The molecule has 1 aromatic carbocycles. The van der Waals surface area contributed by atoms with Gasteiger partial charge < -0.3 is 20.3 Å². The number of nitrogens with one attached hydrogen (secondary N) is 2. The molecule has 2 atom stereocenters. The van der Waals surface area contributed by atoms with Crippen LogP contribution in [-0.4, -0.2) is 42.5 Å². The number of fused-ring (bicyclic) bond motifs is 1. The molecule has 5 rings (SSSR count). The minimum absolute atomic E-state index is 0.00331. The van der Waals surface area contributed by atoms with Gasteiger partial charge in [-0.25, -0.2) is 9.37 Å². The van der Waals surface area contributed by atoms with E-state index in [1.54, 1.807) is 17.9 Å². The summed E-state index contributed by atoms with van der Waals surface area (Å²) in [6.45, 7) is -0.0170. The van der Waals surface area contributed by atoms with Crippen LogP contribution in [0.3, 0.4) is 0 Å². The number of rotatable bonds is 6. The first-order valence-corrected chi connectivity index (χ1v) is 12.6. The highest BCUT2D eigenvalue weighted by Crippen LogP contribution is 2.54. The lowest BCUT2D eigenvalue weighted by molar-refractivity contribution is -0.140. The molecular formula is C25H27ClF4N6O2. The first-order chi connectivity index (χ1) is 17.8. The predicted molar refractivity (Wildman–Crippen MR) is 132 cm³/mol. The number of halogens is 5. The largest absolute Gasteiger partial charge is 0.437 e. The van der Waals surface area contributed by atoms with Gasteiger partial charge in [-0.1, -0.05) is 11.6 Å². The number of amides is 1. The Balaban J connectivity index is 1.24. The van der Waals surface area contributed by atoms with E-state index >= 15 is 0 Å². The molecule has 2 fully saturated rings. The van der Waals surface area contributed by atoms with E-state index in [2.05, 4.69) is 20.7 Å². The number of imidazole rings is 1. The molecule has 2 aromatic heterocycles. The summed E-state index contributed by atoms with van der Waals surface area (Å²) in [4.78, 5) is 17.6. The van der Waals surface area contributed by atoms with Crippen molar-refractivity contribution < 1.29 is 27.5 Å². The third-order valence-corrected chi connectivity index (χ3v) is 7.86. The lowest BCUT2D eigenvalue weighted by Gasteiger charge is -2.25. The van der Waals surface area contributed by atoms with Crippen molar-refractivity contribution in [3.05, 3.63) is 58.6 Å². The van der Waals surface area contributed by atoms with Crippen LogP contribution < -0.4 is 10.6 Å². The van der Waals surface area contributed by atoms with Gasteiger partial charge >= 0.3 is 6.18 Å². The molecule has 3 N–H and O–H groups in total. The molecule has 0 aliphatic heterocycles. The van der Waals surface area contributed by atoms with Crippen molar-refractivity contribution in [2.45, 2.75) is 43.4 Å². The second-order valence-electron chi connectivity index (χ2n) is 10.4. The summed E-state index contributed by atoms with van der Waals surface area (Å²) in [5.74, 6) is -0.679. The van der Waals surface area contributed by atoms with E-state index in [0.717, 1.165) is 4.68 Å². The van der Waals surface area contributed by atoms with Crippen LogP contribution in [0, 0.1) is 17.7 Å². The van der Waals surface area contributed by atoms with E-state index in [4.69, 9.17) is 11.6 Å². The molecule has 38 heavy (non-hydrogen) atoms. The Kier molecular flexibility index (Phi) is 6.67. The number of carbonyl (C=O) groups is 1. The first-order valence-electron chi connectivity index (χ1n) is 12.2. The van der Waals surface area contributed by atoms with Gasteiger partial charge in [-0.3, -0.25) is 9.48 Å². The molecule has 2 aliphatic rings. The number of hydrogen-bond acceptors (Lipinski definition) is 5. The summed E-state index contributed by atoms with van der Waals surface area (Å²) in [6, 6.07) is 3.94. The predicted octanol–water partition coefficient (Wildman–Crippen LogP) is 4.96.